The van der Waals surface area contributed by atoms with E-state index in [2.05, 4.69) is 15.7 Å². The van der Waals surface area contributed by atoms with Crippen molar-refractivity contribution >= 4 is 17.6 Å². The molecule has 2 amide bonds. The summed E-state index contributed by atoms with van der Waals surface area (Å²) in [6.07, 6.45) is 0. The molecule has 0 spiro atoms. The van der Waals surface area contributed by atoms with Crippen molar-refractivity contribution in [2.24, 2.45) is 0 Å². The first-order valence-electron chi connectivity index (χ1n) is 10.6. The van der Waals surface area contributed by atoms with Gasteiger partial charge in [0.1, 0.15) is 17.7 Å². The fourth-order valence-electron chi connectivity index (χ4n) is 4.32. The van der Waals surface area contributed by atoms with Gasteiger partial charge in [-0.25, -0.2) is 9.07 Å². The van der Waals surface area contributed by atoms with E-state index in [0.717, 1.165) is 11.3 Å². The second-order valence-electron chi connectivity index (χ2n) is 7.93. The van der Waals surface area contributed by atoms with Gasteiger partial charge < -0.3 is 10.6 Å². The first-order chi connectivity index (χ1) is 16.0. The minimum absolute atomic E-state index is 0.381. The van der Waals surface area contributed by atoms with Gasteiger partial charge in [0.15, 0.2) is 0 Å². The smallest absolute Gasteiger partial charge is 0.251 e. The molecule has 0 bridgehead atoms. The number of carbonyl (C=O) groups excluding carboxylic acids is 2. The predicted molar refractivity (Wildman–Crippen MR) is 123 cm³/mol. The Bertz CT molecular complexity index is 1340. The molecule has 7 heteroatoms. The van der Waals surface area contributed by atoms with Gasteiger partial charge in [-0.2, -0.15) is 5.10 Å². The SMILES string of the molecule is Cc1nn(-c2ccccc2)c2c1[C@H](c1cccc(F)c1)[C@@H](NC(=O)c1ccccc1)C(=O)N2. The van der Waals surface area contributed by atoms with Gasteiger partial charge in [0, 0.05) is 17.0 Å². The molecule has 3 aromatic carbocycles. The van der Waals surface area contributed by atoms with Gasteiger partial charge in [-0.05, 0) is 48.9 Å². The summed E-state index contributed by atoms with van der Waals surface area (Å²) in [6.45, 7) is 1.85. The molecule has 6 nitrogen and oxygen atoms in total. The third-order valence-corrected chi connectivity index (χ3v) is 5.81. The molecule has 0 saturated heterocycles. The predicted octanol–water partition coefficient (Wildman–Crippen LogP) is 4.20. The number of hydrogen-bond donors (Lipinski definition) is 2. The van der Waals surface area contributed by atoms with E-state index >= 15 is 0 Å². The van der Waals surface area contributed by atoms with Crippen molar-refractivity contribution in [1.29, 1.82) is 0 Å². The largest absolute Gasteiger partial charge is 0.339 e. The maximum atomic E-state index is 14.2. The zero-order chi connectivity index (χ0) is 22.9. The average Bonchev–Trinajstić information content (AvgIpc) is 3.16. The van der Waals surface area contributed by atoms with Gasteiger partial charge in [-0.15, -0.1) is 0 Å². The van der Waals surface area contributed by atoms with Crippen LogP contribution in [0.4, 0.5) is 10.2 Å². The van der Waals surface area contributed by atoms with E-state index in [9.17, 15) is 14.0 Å². The Kier molecular flexibility index (Phi) is 5.22. The summed E-state index contributed by atoms with van der Waals surface area (Å²) in [5.41, 5.74) is 3.22. The van der Waals surface area contributed by atoms with Crippen molar-refractivity contribution in [2.45, 2.75) is 18.9 Å². The van der Waals surface area contributed by atoms with Gasteiger partial charge >= 0.3 is 0 Å². The number of halogens is 1. The highest BCUT2D eigenvalue weighted by molar-refractivity contribution is 6.04. The zero-order valence-electron chi connectivity index (χ0n) is 17.8. The molecule has 1 aliphatic heterocycles. The number of anilines is 1. The topological polar surface area (TPSA) is 76.0 Å². The Morgan fingerprint density at radius 2 is 1.70 bits per heavy atom. The van der Waals surface area contributed by atoms with E-state index in [0.29, 0.717) is 22.6 Å². The van der Waals surface area contributed by atoms with Gasteiger partial charge in [-0.3, -0.25) is 9.59 Å². The number of nitrogens with zero attached hydrogens (tertiary/aromatic N) is 2. The number of hydrogen-bond acceptors (Lipinski definition) is 3. The fourth-order valence-corrected chi connectivity index (χ4v) is 4.32. The summed E-state index contributed by atoms with van der Waals surface area (Å²) in [6, 6.07) is 23.3. The number of aromatic nitrogens is 2. The van der Waals surface area contributed by atoms with Crippen molar-refractivity contribution in [2.75, 3.05) is 5.32 Å². The molecule has 0 radical (unpaired) electrons. The van der Waals surface area contributed by atoms with Gasteiger partial charge in [0.05, 0.1) is 11.4 Å². The maximum absolute atomic E-state index is 14.2. The molecular formula is C26H21FN4O2. The van der Waals surface area contributed by atoms with Crippen LogP contribution >= 0.6 is 0 Å². The first-order valence-corrected chi connectivity index (χ1v) is 10.6. The van der Waals surface area contributed by atoms with Crippen molar-refractivity contribution in [1.82, 2.24) is 15.1 Å². The quantitative estimate of drug-likeness (QED) is 0.499. The molecule has 0 aliphatic carbocycles. The van der Waals surface area contributed by atoms with Crippen LogP contribution in [0.2, 0.25) is 0 Å². The number of amides is 2. The van der Waals surface area contributed by atoms with Crippen LogP contribution in [0, 0.1) is 12.7 Å². The molecule has 1 aromatic heterocycles. The summed E-state index contributed by atoms with van der Waals surface area (Å²) >= 11 is 0. The number of nitrogens with one attached hydrogen (secondary N) is 2. The molecular weight excluding hydrogens is 419 g/mol. The van der Waals surface area contributed by atoms with Crippen molar-refractivity contribution in [3.8, 4) is 5.69 Å². The van der Waals surface area contributed by atoms with Crippen molar-refractivity contribution < 1.29 is 14.0 Å². The minimum atomic E-state index is -0.945. The third kappa shape index (κ3) is 3.78. The maximum Gasteiger partial charge on any atom is 0.251 e. The van der Waals surface area contributed by atoms with E-state index in [1.54, 1.807) is 41.1 Å². The van der Waals surface area contributed by atoms with Crippen LogP contribution in [-0.2, 0) is 4.79 Å². The summed E-state index contributed by atoms with van der Waals surface area (Å²) in [5.74, 6) is -1.29. The standard InChI is InChI=1S/C26H21FN4O2/c1-16-21-22(18-11-8-12-19(27)15-18)23(28-25(32)17-9-4-2-5-10-17)26(33)29-24(21)31(30-16)20-13-6-3-7-14-20/h2-15,22-23H,1H3,(H,28,32)(H,29,33)/t22-,23+/m0/s1. The lowest BCUT2D eigenvalue weighted by Crippen LogP contribution is -2.50. The molecule has 2 heterocycles. The number of rotatable bonds is 4. The van der Waals surface area contributed by atoms with Crippen molar-refractivity contribution in [3.63, 3.8) is 0 Å². The molecule has 0 saturated carbocycles. The Morgan fingerprint density at radius 3 is 2.39 bits per heavy atom. The van der Waals surface area contributed by atoms with E-state index in [1.807, 2.05) is 43.3 Å². The molecule has 164 valence electrons. The second kappa shape index (κ2) is 8.35. The second-order valence-corrected chi connectivity index (χ2v) is 7.93. The van der Waals surface area contributed by atoms with Crippen LogP contribution in [0.1, 0.15) is 33.1 Å². The summed E-state index contributed by atoms with van der Waals surface area (Å²) < 4.78 is 15.9. The van der Waals surface area contributed by atoms with E-state index in [4.69, 9.17) is 0 Å². The summed E-state index contributed by atoms with van der Waals surface area (Å²) in [7, 11) is 0. The number of carbonyl (C=O) groups is 2. The van der Waals surface area contributed by atoms with Crippen LogP contribution in [0.15, 0.2) is 84.9 Å². The minimum Gasteiger partial charge on any atom is -0.339 e. The van der Waals surface area contributed by atoms with Crippen LogP contribution in [0.25, 0.3) is 5.69 Å². The highest BCUT2D eigenvalue weighted by Gasteiger charge is 2.42. The lowest BCUT2D eigenvalue weighted by molar-refractivity contribution is -0.118. The molecule has 2 N–H and O–H groups in total. The van der Waals surface area contributed by atoms with Crippen molar-refractivity contribution in [3.05, 3.63) is 113 Å². The lowest BCUT2D eigenvalue weighted by atomic mass is 9.81. The number of fused-ring (bicyclic) bond motifs is 1. The zero-order valence-corrected chi connectivity index (χ0v) is 17.8. The molecule has 5 rings (SSSR count). The molecule has 2 atom stereocenters. The highest BCUT2D eigenvalue weighted by Crippen LogP contribution is 2.40. The van der Waals surface area contributed by atoms with E-state index < -0.39 is 23.7 Å². The summed E-state index contributed by atoms with van der Waals surface area (Å²) in [5, 5.41) is 10.4. The van der Waals surface area contributed by atoms with Crippen LogP contribution in [0.5, 0.6) is 0 Å². The molecule has 33 heavy (non-hydrogen) atoms. The lowest BCUT2D eigenvalue weighted by Gasteiger charge is -2.32. The van der Waals surface area contributed by atoms with Crippen LogP contribution in [-0.4, -0.2) is 27.6 Å². The Balaban J connectivity index is 1.64. The van der Waals surface area contributed by atoms with E-state index in [-0.39, 0.29) is 5.91 Å². The van der Waals surface area contributed by atoms with Crippen LogP contribution < -0.4 is 10.6 Å². The molecule has 0 fully saturated rings. The number of para-hydroxylation sites is 1. The molecule has 0 unspecified atom stereocenters. The van der Waals surface area contributed by atoms with Gasteiger partial charge in [0.25, 0.3) is 5.91 Å². The average molecular weight is 440 g/mol. The Labute approximate surface area is 190 Å². The fraction of sp³-hybridized carbons (Fsp3) is 0.115. The molecule has 1 aliphatic rings. The summed E-state index contributed by atoms with van der Waals surface area (Å²) in [4.78, 5) is 26.3. The molecule has 4 aromatic rings. The number of benzene rings is 3. The Morgan fingerprint density at radius 1 is 1.00 bits per heavy atom. The first kappa shape index (κ1) is 20.6. The monoisotopic (exact) mass is 440 g/mol. The highest BCUT2D eigenvalue weighted by atomic mass is 19.1. The number of aryl methyl sites for hydroxylation is 1. The van der Waals surface area contributed by atoms with Gasteiger partial charge in [0.2, 0.25) is 5.91 Å². The van der Waals surface area contributed by atoms with Crippen LogP contribution in [0.3, 0.4) is 0 Å². The normalized spacial score (nSPS) is 17.2. The van der Waals surface area contributed by atoms with Gasteiger partial charge in [-0.1, -0.05) is 48.5 Å². The van der Waals surface area contributed by atoms with E-state index in [1.165, 1.54) is 12.1 Å². The Hall–Kier alpha value is -4.26. The third-order valence-electron chi connectivity index (χ3n) is 5.81.